The van der Waals surface area contributed by atoms with Crippen molar-refractivity contribution in [1.29, 1.82) is 0 Å². The standard InChI is InChI=1S/C13H22N2O/c1-9-10(2)13(16-3)5-4-12(9)6-11(7-14)8-15/h4-5,11H,6-8,14-15H2,1-3H3. The molecule has 0 bridgehead atoms. The molecule has 0 fully saturated rings. The van der Waals surface area contributed by atoms with Crippen LogP contribution in [0.1, 0.15) is 16.7 Å². The quantitative estimate of drug-likeness (QED) is 0.791. The van der Waals surface area contributed by atoms with Gasteiger partial charge in [0.25, 0.3) is 0 Å². The van der Waals surface area contributed by atoms with Crippen LogP contribution in [0.2, 0.25) is 0 Å². The summed E-state index contributed by atoms with van der Waals surface area (Å²) in [6.45, 7) is 5.48. The third-order valence-corrected chi connectivity index (χ3v) is 3.24. The van der Waals surface area contributed by atoms with Crippen molar-refractivity contribution in [1.82, 2.24) is 0 Å². The summed E-state index contributed by atoms with van der Waals surface area (Å²) in [5, 5.41) is 0. The lowest BCUT2D eigenvalue weighted by atomic mass is 9.93. The summed E-state index contributed by atoms with van der Waals surface area (Å²) < 4.78 is 5.29. The van der Waals surface area contributed by atoms with Gasteiger partial charge in [-0.05, 0) is 62.0 Å². The molecule has 3 nitrogen and oxygen atoms in total. The first-order valence-corrected chi connectivity index (χ1v) is 5.67. The zero-order chi connectivity index (χ0) is 12.1. The lowest BCUT2D eigenvalue weighted by molar-refractivity contribution is 0.411. The van der Waals surface area contributed by atoms with Crippen LogP contribution in [0.4, 0.5) is 0 Å². The van der Waals surface area contributed by atoms with Gasteiger partial charge in [-0.25, -0.2) is 0 Å². The summed E-state index contributed by atoms with van der Waals surface area (Å²) >= 11 is 0. The number of nitrogens with two attached hydrogens (primary N) is 2. The fourth-order valence-electron chi connectivity index (χ4n) is 1.87. The number of methoxy groups -OCH3 is 1. The molecule has 0 aliphatic rings. The first kappa shape index (κ1) is 13.0. The second-order valence-corrected chi connectivity index (χ2v) is 4.22. The molecule has 0 spiro atoms. The van der Waals surface area contributed by atoms with Gasteiger partial charge in [-0.2, -0.15) is 0 Å². The minimum Gasteiger partial charge on any atom is -0.496 e. The highest BCUT2D eigenvalue weighted by Crippen LogP contribution is 2.25. The second kappa shape index (κ2) is 5.87. The zero-order valence-electron chi connectivity index (χ0n) is 10.4. The Kier molecular flexibility index (Phi) is 4.77. The third kappa shape index (κ3) is 2.74. The maximum atomic E-state index is 5.67. The van der Waals surface area contributed by atoms with E-state index >= 15 is 0 Å². The van der Waals surface area contributed by atoms with Crippen molar-refractivity contribution in [2.45, 2.75) is 20.3 Å². The Morgan fingerprint density at radius 1 is 1.12 bits per heavy atom. The Labute approximate surface area is 97.8 Å². The summed E-state index contributed by atoms with van der Waals surface area (Å²) in [7, 11) is 1.70. The minimum absolute atomic E-state index is 0.367. The molecule has 3 heteroatoms. The Morgan fingerprint density at radius 3 is 2.25 bits per heavy atom. The molecular weight excluding hydrogens is 200 g/mol. The van der Waals surface area contributed by atoms with Gasteiger partial charge in [0.1, 0.15) is 5.75 Å². The predicted octanol–water partition coefficient (Wildman–Crippen LogP) is 1.39. The van der Waals surface area contributed by atoms with Crippen LogP contribution in [0, 0.1) is 19.8 Å². The molecule has 4 N–H and O–H groups in total. The van der Waals surface area contributed by atoms with Crippen LogP contribution in [-0.4, -0.2) is 20.2 Å². The number of rotatable bonds is 5. The normalized spacial score (nSPS) is 10.9. The van der Waals surface area contributed by atoms with Crippen molar-refractivity contribution in [3.05, 3.63) is 28.8 Å². The van der Waals surface area contributed by atoms with Gasteiger partial charge in [0.2, 0.25) is 0 Å². The molecule has 0 aromatic heterocycles. The van der Waals surface area contributed by atoms with Crippen LogP contribution >= 0.6 is 0 Å². The molecule has 0 aliphatic carbocycles. The summed E-state index contributed by atoms with van der Waals surface area (Å²) in [5.74, 6) is 1.31. The van der Waals surface area contributed by atoms with E-state index in [1.807, 2.05) is 6.07 Å². The molecular formula is C13H22N2O. The van der Waals surface area contributed by atoms with E-state index in [4.69, 9.17) is 16.2 Å². The van der Waals surface area contributed by atoms with Gasteiger partial charge in [0, 0.05) is 0 Å². The van der Waals surface area contributed by atoms with Crippen molar-refractivity contribution in [2.75, 3.05) is 20.2 Å². The van der Waals surface area contributed by atoms with Crippen molar-refractivity contribution < 1.29 is 4.74 Å². The Bertz CT molecular complexity index is 346. The molecule has 90 valence electrons. The zero-order valence-corrected chi connectivity index (χ0v) is 10.4. The molecule has 0 unspecified atom stereocenters. The second-order valence-electron chi connectivity index (χ2n) is 4.22. The van der Waals surface area contributed by atoms with Crippen LogP contribution in [-0.2, 0) is 6.42 Å². The third-order valence-electron chi connectivity index (χ3n) is 3.24. The van der Waals surface area contributed by atoms with Gasteiger partial charge in [0.05, 0.1) is 7.11 Å². The minimum atomic E-state index is 0.367. The Morgan fingerprint density at radius 2 is 1.75 bits per heavy atom. The molecule has 1 aromatic carbocycles. The highest BCUT2D eigenvalue weighted by molar-refractivity contribution is 5.43. The average molecular weight is 222 g/mol. The molecule has 0 amide bonds. The lowest BCUT2D eigenvalue weighted by Gasteiger charge is -2.16. The monoisotopic (exact) mass is 222 g/mol. The topological polar surface area (TPSA) is 61.3 Å². The molecule has 0 aliphatic heterocycles. The lowest BCUT2D eigenvalue weighted by Crippen LogP contribution is -2.25. The van der Waals surface area contributed by atoms with Gasteiger partial charge in [0.15, 0.2) is 0 Å². The number of ether oxygens (including phenoxy) is 1. The smallest absolute Gasteiger partial charge is 0.122 e. The van der Waals surface area contributed by atoms with Crippen LogP contribution in [0.3, 0.4) is 0 Å². The van der Waals surface area contributed by atoms with Crippen LogP contribution < -0.4 is 16.2 Å². The van der Waals surface area contributed by atoms with Crippen LogP contribution in [0.15, 0.2) is 12.1 Å². The van der Waals surface area contributed by atoms with Crippen molar-refractivity contribution in [3.8, 4) is 5.75 Å². The van der Waals surface area contributed by atoms with Crippen LogP contribution in [0.25, 0.3) is 0 Å². The molecule has 1 aromatic rings. The first-order chi connectivity index (χ1) is 7.63. The maximum absolute atomic E-state index is 5.67. The fourth-order valence-corrected chi connectivity index (χ4v) is 1.87. The van der Waals surface area contributed by atoms with Crippen molar-refractivity contribution in [3.63, 3.8) is 0 Å². The maximum Gasteiger partial charge on any atom is 0.122 e. The Hall–Kier alpha value is -1.06. The van der Waals surface area contributed by atoms with Crippen molar-refractivity contribution in [2.24, 2.45) is 17.4 Å². The van der Waals surface area contributed by atoms with E-state index in [0.29, 0.717) is 19.0 Å². The summed E-state index contributed by atoms with van der Waals surface area (Å²) in [4.78, 5) is 0. The molecule has 0 heterocycles. The van der Waals surface area contributed by atoms with E-state index in [9.17, 15) is 0 Å². The highest BCUT2D eigenvalue weighted by Gasteiger charge is 2.11. The van der Waals surface area contributed by atoms with Crippen LogP contribution in [0.5, 0.6) is 5.75 Å². The largest absolute Gasteiger partial charge is 0.496 e. The van der Waals surface area contributed by atoms with E-state index in [2.05, 4.69) is 19.9 Å². The Balaban J connectivity index is 2.94. The van der Waals surface area contributed by atoms with E-state index < -0.39 is 0 Å². The van der Waals surface area contributed by atoms with Gasteiger partial charge in [-0.15, -0.1) is 0 Å². The molecule has 1 rings (SSSR count). The molecule has 0 saturated heterocycles. The SMILES string of the molecule is COc1ccc(CC(CN)CN)c(C)c1C. The van der Waals surface area contributed by atoms with Crippen molar-refractivity contribution >= 4 is 0 Å². The molecule has 0 saturated carbocycles. The van der Waals surface area contributed by atoms with Gasteiger partial charge in [-0.1, -0.05) is 6.07 Å². The summed E-state index contributed by atoms with van der Waals surface area (Å²) in [6.07, 6.45) is 0.948. The average Bonchev–Trinajstić information content (AvgIpc) is 2.31. The highest BCUT2D eigenvalue weighted by atomic mass is 16.5. The number of benzene rings is 1. The fraction of sp³-hybridized carbons (Fsp3) is 0.538. The summed E-state index contributed by atoms with van der Waals surface area (Å²) in [5.41, 5.74) is 15.1. The van der Waals surface area contributed by atoms with E-state index in [1.54, 1.807) is 7.11 Å². The summed E-state index contributed by atoms with van der Waals surface area (Å²) in [6, 6.07) is 4.13. The molecule has 16 heavy (non-hydrogen) atoms. The van der Waals surface area contributed by atoms with E-state index in [-0.39, 0.29) is 0 Å². The van der Waals surface area contributed by atoms with E-state index in [0.717, 1.165) is 12.2 Å². The van der Waals surface area contributed by atoms with E-state index in [1.165, 1.54) is 16.7 Å². The molecule has 0 atom stereocenters. The number of hydrogen-bond acceptors (Lipinski definition) is 3. The first-order valence-electron chi connectivity index (χ1n) is 5.67. The molecule has 0 radical (unpaired) electrons. The number of hydrogen-bond donors (Lipinski definition) is 2. The van der Waals surface area contributed by atoms with Gasteiger partial charge in [-0.3, -0.25) is 0 Å². The predicted molar refractivity (Wildman–Crippen MR) is 67.8 cm³/mol. The van der Waals surface area contributed by atoms with Gasteiger partial charge >= 0.3 is 0 Å². The van der Waals surface area contributed by atoms with Gasteiger partial charge < -0.3 is 16.2 Å².